The summed E-state index contributed by atoms with van der Waals surface area (Å²) in [6.07, 6.45) is -0.939. The maximum Gasteiger partial charge on any atom is 0.490 e. The second kappa shape index (κ2) is 5.36. The zero-order valence-electron chi connectivity index (χ0n) is 12.5. The molecular weight excluding hydrogens is 317 g/mol. The van der Waals surface area contributed by atoms with Crippen LogP contribution in [0.15, 0.2) is 0 Å². The van der Waals surface area contributed by atoms with Crippen molar-refractivity contribution in [3.8, 4) is 0 Å². The monoisotopic (exact) mass is 336 g/mol. The summed E-state index contributed by atoms with van der Waals surface area (Å²) in [4.78, 5) is 22.9. The molecular formula is C15H19F3O5. The van der Waals surface area contributed by atoms with Gasteiger partial charge in [-0.05, 0) is 50.4 Å². The van der Waals surface area contributed by atoms with Gasteiger partial charge in [0.25, 0.3) is 0 Å². The molecule has 0 radical (unpaired) electrons. The van der Waals surface area contributed by atoms with Crippen LogP contribution in [0.4, 0.5) is 13.2 Å². The predicted molar refractivity (Wildman–Crippen MR) is 70.0 cm³/mol. The van der Waals surface area contributed by atoms with E-state index in [-0.39, 0.29) is 0 Å². The summed E-state index contributed by atoms with van der Waals surface area (Å²) in [5.74, 6) is -2.18. The third-order valence-electron chi connectivity index (χ3n) is 5.24. The van der Waals surface area contributed by atoms with Gasteiger partial charge in [-0.3, -0.25) is 4.79 Å². The summed E-state index contributed by atoms with van der Waals surface area (Å²) in [7, 11) is 0. The largest absolute Gasteiger partial charge is 0.490 e. The Labute approximate surface area is 131 Å². The van der Waals surface area contributed by atoms with Crippen LogP contribution in [0.3, 0.4) is 0 Å². The Kier molecular flexibility index (Phi) is 3.85. The third-order valence-corrected chi connectivity index (χ3v) is 5.24. The van der Waals surface area contributed by atoms with Gasteiger partial charge >= 0.3 is 18.1 Å². The average molecular weight is 336 g/mol. The van der Waals surface area contributed by atoms with Crippen LogP contribution < -0.4 is 0 Å². The number of esters is 2. The van der Waals surface area contributed by atoms with Crippen LogP contribution in [-0.4, -0.2) is 42.0 Å². The highest BCUT2D eigenvalue weighted by molar-refractivity contribution is 5.78. The molecule has 130 valence electrons. The lowest BCUT2D eigenvalue weighted by molar-refractivity contribution is -0.205. The average Bonchev–Trinajstić information content (AvgIpc) is 2.39. The second-order valence-corrected chi connectivity index (χ2v) is 7.24. The molecule has 4 saturated carbocycles. The number of rotatable bonds is 4. The maximum absolute atomic E-state index is 12.4. The molecule has 4 fully saturated rings. The van der Waals surface area contributed by atoms with Crippen molar-refractivity contribution >= 4 is 11.9 Å². The molecule has 0 heterocycles. The zero-order valence-corrected chi connectivity index (χ0v) is 12.5. The number of carbonyl (C=O) groups excluding carboxylic acids is 2. The lowest BCUT2D eigenvalue weighted by Gasteiger charge is -2.58. The fraction of sp³-hybridized carbons (Fsp3) is 0.867. The molecule has 0 saturated heterocycles. The van der Waals surface area contributed by atoms with Crippen molar-refractivity contribution in [2.75, 3.05) is 13.2 Å². The van der Waals surface area contributed by atoms with Gasteiger partial charge in [0.2, 0.25) is 0 Å². The van der Waals surface area contributed by atoms with Gasteiger partial charge in [0, 0.05) is 0 Å². The Bertz CT molecular complexity index is 502. The molecule has 0 aromatic rings. The molecule has 5 nitrogen and oxygen atoms in total. The van der Waals surface area contributed by atoms with Crippen molar-refractivity contribution < 1.29 is 37.3 Å². The molecule has 4 aliphatic carbocycles. The van der Waals surface area contributed by atoms with Crippen LogP contribution >= 0.6 is 0 Å². The highest BCUT2D eigenvalue weighted by atomic mass is 19.4. The van der Waals surface area contributed by atoms with Gasteiger partial charge < -0.3 is 14.6 Å². The summed E-state index contributed by atoms with van der Waals surface area (Å²) >= 11 is 0. The number of alkyl halides is 3. The van der Waals surface area contributed by atoms with Gasteiger partial charge in [0.15, 0.2) is 0 Å². The molecule has 2 unspecified atom stereocenters. The molecule has 23 heavy (non-hydrogen) atoms. The quantitative estimate of drug-likeness (QED) is 0.628. The number of hydrogen-bond donors (Lipinski definition) is 1. The zero-order chi connectivity index (χ0) is 16.9. The van der Waals surface area contributed by atoms with Gasteiger partial charge in [-0.25, -0.2) is 4.79 Å². The Morgan fingerprint density at radius 3 is 2.13 bits per heavy atom. The molecule has 8 heteroatoms. The summed E-state index contributed by atoms with van der Waals surface area (Å²) in [5, 5.41) is 10.5. The van der Waals surface area contributed by atoms with E-state index in [1.165, 1.54) is 0 Å². The van der Waals surface area contributed by atoms with E-state index in [1.54, 1.807) is 0 Å². The van der Waals surface area contributed by atoms with Crippen LogP contribution in [0.5, 0.6) is 0 Å². The van der Waals surface area contributed by atoms with E-state index >= 15 is 0 Å². The molecule has 4 rings (SSSR count). The van der Waals surface area contributed by atoms with Gasteiger partial charge in [0.05, 0.1) is 11.0 Å². The molecule has 0 aliphatic heterocycles. The Balaban J connectivity index is 1.52. The number of ether oxygens (including phenoxy) is 2. The van der Waals surface area contributed by atoms with Crippen LogP contribution in [0.25, 0.3) is 0 Å². The van der Waals surface area contributed by atoms with Gasteiger partial charge in [-0.15, -0.1) is 0 Å². The molecule has 0 amide bonds. The Morgan fingerprint density at radius 2 is 1.61 bits per heavy atom. The molecule has 4 aliphatic rings. The van der Waals surface area contributed by atoms with Crippen molar-refractivity contribution in [2.24, 2.45) is 17.3 Å². The molecule has 0 aromatic carbocycles. The first-order valence-electron chi connectivity index (χ1n) is 7.76. The van der Waals surface area contributed by atoms with Crippen LogP contribution in [0.2, 0.25) is 0 Å². The van der Waals surface area contributed by atoms with E-state index in [1.807, 2.05) is 0 Å². The first kappa shape index (κ1) is 16.5. The molecule has 0 spiro atoms. The second-order valence-electron chi connectivity index (χ2n) is 7.24. The Hall–Kier alpha value is -1.31. The van der Waals surface area contributed by atoms with Gasteiger partial charge in [-0.2, -0.15) is 13.2 Å². The van der Waals surface area contributed by atoms with E-state index in [0.717, 1.165) is 6.42 Å². The van der Waals surface area contributed by atoms with Crippen molar-refractivity contribution in [3.63, 3.8) is 0 Å². The number of carbonyl (C=O) groups is 2. The van der Waals surface area contributed by atoms with Crippen molar-refractivity contribution in [3.05, 3.63) is 0 Å². The summed E-state index contributed by atoms with van der Waals surface area (Å²) in [6, 6.07) is 0. The van der Waals surface area contributed by atoms with E-state index in [2.05, 4.69) is 4.74 Å². The minimum absolute atomic E-state index is 0.303. The fourth-order valence-corrected chi connectivity index (χ4v) is 4.96. The molecule has 2 atom stereocenters. The van der Waals surface area contributed by atoms with Crippen molar-refractivity contribution in [2.45, 2.75) is 50.3 Å². The van der Waals surface area contributed by atoms with Crippen LogP contribution in [0, 0.1) is 17.3 Å². The highest BCUT2D eigenvalue weighted by Gasteiger charge is 2.60. The third kappa shape index (κ3) is 3.18. The van der Waals surface area contributed by atoms with E-state index in [9.17, 15) is 27.9 Å². The maximum atomic E-state index is 12.4. The van der Waals surface area contributed by atoms with Gasteiger partial charge in [-0.1, -0.05) is 0 Å². The Morgan fingerprint density at radius 1 is 1.04 bits per heavy atom. The molecule has 0 aromatic heterocycles. The summed E-state index contributed by atoms with van der Waals surface area (Å²) in [6.45, 7) is -1.03. The minimum atomic E-state index is -5.05. The minimum Gasteiger partial charge on any atom is -0.462 e. The first-order chi connectivity index (χ1) is 10.6. The highest BCUT2D eigenvalue weighted by Crippen LogP contribution is 2.61. The number of halogens is 3. The van der Waals surface area contributed by atoms with Crippen LogP contribution in [0.1, 0.15) is 38.5 Å². The number of aliphatic hydroxyl groups is 1. The summed E-state index contributed by atoms with van der Waals surface area (Å²) in [5.41, 5.74) is -1.54. The first-order valence-corrected chi connectivity index (χ1v) is 7.76. The fourth-order valence-electron chi connectivity index (χ4n) is 4.96. The van der Waals surface area contributed by atoms with E-state index in [0.29, 0.717) is 43.9 Å². The topological polar surface area (TPSA) is 72.8 Å². The summed E-state index contributed by atoms with van der Waals surface area (Å²) < 4.78 is 45.0. The van der Waals surface area contributed by atoms with Crippen molar-refractivity contribution in [1.29, 1.82) is 0 Å². The molecule has 4 bridgehead atoms. The number of hydrogen-bond acceptors (Lipinski definition) is 5. The van der Waals surface area contributed by atoms with Gasteiger partial charge in [0.1, 0.15) is 13.2 Å². The molecule has 1 N–H and O–H groups in total. The van der Waals surface area contributed by atoms with E-state index in [4.69, 9.17) is 4.74 Å². The van der Waals surface area contributed by atoms with Crippen LogP contribution in [-0.2, 0) is 19.1 Å². The smallest absolute Gasteiger partial charge is 0.462 e. The predicted octanol–water partition coefficient (Wildman–Crippen LogP) is 1.97. The normalized spacial score (nSPS) is 38.4. The van der Waals surface area contributed by atoms with E-state index < -0.39 is 42.3 Å². The van der Waals surface area contributed by atoms with Crippen molar-refractivity contribution in [1.82, 2.24) is 0 Å². The lowest BCUT2D eigenvalue weighted by atomic mass is 9.48. The lowest BCUT2D eigenvalue weighted by Crippen LogP contribution is -2.58. The SMILES string of the molecule is O=C(OCCOC(=O)C12CC3CC(CC(O)(C3)C1)C2)C(F)(F)F. The standard InChI is InChI=1S/C15H19F3O5/c16-15(17,18)12(20)23-2-1-22-11(19)13-4-9-3-10(5-13)7-14(21,6-9)8-13/h9-10,21H,1-8H2.